The number of carbonyl (C=O) groups excluding carboxylic acids is 1. The lowest BCUT2D eigenvalue weighted by Gasteiger charge is -2.12. The number of amides is 1. The monoisotopic (exact) mass is 412 g/mol. The number of nitrogens with one attached hydrogen (secondary N) is 1. The molecule has 0 atom stereocenters. The van der Waals surface area contributed by atoms with Crippen LogP contribution < -0.4 is 5.32 Å². The van der Waals surface area contributed by atoms with Crippen LogP contribution in [-0.4, -0.2) is 27.1 Å². The fourth-order valence-electron chi connectivity index (χ4n) is 3.81. The van der Waals surface area contributed by atoms with Gasteiger partial charge in [-0.1, -0.05) is 18.2 Å². The van der Waals surface area contributed by atoms with Crippen molar-refractivity contribution in [3.05, 3.63) is 77.5 Å². The number of rotatable bonds is 4. The van der Waals surface area contributed by atoms with E-state index in [2.05, 4.69) is 20.5 Å². The van der Waals surface area contributed by atoms with Gasteiger partial charge in [-0.3, -0.25) is 4.79 Å². The second-order valence-electron chi connectivity index (χ2n) is 8.04. The van der Waals surface area contributed by atoms with Crippen LogP contribution in [0, 0.1) is 19.8 Å². The van der Waals surface area contributed by atoms with Crippen molar-refractivity contribution in [3.63, 3.8) is 0 Å². The van der Waals surface area contributed by atoms with E-state index in [-0.39, 0.29) is 5.91 Å². The molecule has 1 N–H and O–H groups in total. The van der Waals surface area contributed by atoms with Crippen molar-refractivity contribution >= 4 is 16.7 Å². The van der Waals surface area contributed by atoms with Crippen LogP contribution in [0.1, 0.15) is 34.5 Å². The molecule has 1 aliphatic rings. The molecule has 1 amide bonds. The van der Waals surface area contributed by atoms with Gasteiger partial charge in [0.2, 0.25) is 5.95 Å². The van der Waals surface area contributed by atoms with Gasteiger partial charge in [0.25, 0.3) is 5.91 Å². The van der Waals surface area contributed by atoms with Gasteiger partial charge in [-0.05, 0) is 73.7 Å². The highest BCUT2D eigenvalue weighted by molar-refractivity contribution is 5.98. The van der Waals surface area contributed by atoms with Crippen molar-refractivity contribution in [2.45, 2.75) is 32.7 Å². The Bertz CT molecular complexity index is 1330. The van der Waals surface area contributed by atoms with E-state index in [0.29, 0.717) is 23.0 Å². The Hall–Kier alpha value is -3.67. The molecule has 5 rings (SSSR count). The molecule has 1 saturated carbocycles. The van der Waals surface area contributed by atoms with E-state index in [9.17, 15) is 9.18 Å². The Morgan fingerprint density at radius 3 is 2.65 bits per heavy atom. The van der Waals surface area contributed by atoms with Crippen molar-refractivity contribution in [3.8, 4) is 22.4 Å². The van der Waals surface area contributed by atoms with E-state index in [1.165, 1.54) is 6.07 Å². The number of hydrogen-bond acceptors (Lipinski definition) is 4. The summed E-state index contributed by atoms with van der Waals surface area (Å²) in [5.41, 5.74) is 5.74. The molecule has 0 spiro atoms. The van der Waals surface area contributed by atoms with E-state index < -0.39 is 5.95 Å². The number of carbonyl (C=O) groups is 1. The summed E-state index contributed by atoms with van der Waals surface area (Å²) in [7, 11) is 0. The Labute approximate surface area is 179 Å². The van der Waals surface area contributed by atoms with Crippen LogP contribution in [0.3, 0.4) is 0 Å². The number of hydrogen-bond donors (Lipinski definition) is 1. The smallest absolute Gasteiger partial charge is 0.251 e. The molecule has 0 radical (unpaired) electrons. The lowest BCUT2D eigenvalue weighted by Crippen LogP contribution is -2.25. The van der Waals surface area contributed by atoms with Gasteiger partial charge in [-0.25, -0.2) is 4.98 Å². The molecule has 6 heteroatoms. The number of aryl methyl sites for hydroxylation is 2. The van der Waals surface area contributed by atoms with Crippen LogP contribution in [-0.2, 0) is 0 Å². The minimum Gasteiger partial charge on any atom is -0.349 e. The third kappa shape index (κ3) is 3.77. The van der Waals surface area contributed by atoms with Crippen LogP contribution in [0.25, 0.3) is 33.2 Å². The molecule has 31 heavy (non-hydrogen) atoms. The molecule has 4 aromatic rings. The maximum absolute atomic E-state index is 13.4. The summed E-state index contributed by atoms with van der Waals surface area (Å²) < 4.78 is 13.4. The highest BCUT2D eigenvalue weighted by Crippen LogP contribution is 2.32. The number of fused-ring (bicyclic) bond motifs is 1. The van der Waals surface area contributed by atoms with Crippen LogP contribution >= 0.6 is 0 Å². The maximum atomic E-state index is 13.4. The second kappa shape index (κ2) is 7.54. The first-order valence-corrected chi connectivity index (χ1v) is 10.3. The average Bonchev–Trinajstić information content (AvgIpc) is 3.57. The first-order chi connectivity index (χ1) is 15.0. The predicted molar refractivity (Wildman–Crippen MR) is 118 cm³/mol. The average molecular weight is 412 g/mol. The van der Waals surface area contributed by atoms with Crippen LogP contribution in [0.5, 0.6) is 0 Å². The molecular weight excluding hydrogens is 391 g/mol. The van der Waals surface area contributed by atoms with E-state index in [1.807, 2.05) is 43.3 Å². The van der Waals surface area contributed by atoms with E-state index in [1.54, 1.807) is 19.2 Å². The zero-order valence-electron chi connectivity index (χ0n) is 17.3. The number of nitrogens with zero attached hydrogens (tertiary/aromatic N) is 3. The summed E-state index contributed by atoms with van der Waals surface area (Å²) in [6.07, 6.45) is 3.83. The third-order valence-electron chi connectivity index (χ3n) is 5.69. The Morgan fingerprint density at radius 2 is 1.87 bits per heavy atom. The Balaban J connectivity index is 1.57. The van der Waals surface area contributed by atoms with Crippen LogP contribution in [0.15, 0.2) is 54.7 Å². The van der Waals surface area contributed by atoms with Gasteiger partial charge in [0.15, 0.2) is 0 Å². The lowest BCUT2D eigenvalue weighted by atomic mass is 9.95. The van der Waals surface area contributed by atoms with Crippen molar-refractivity contribution < 1.29 is 9.18 Å². The van der Waals surface area contributed by atoms with Gasteiger partial charge in [0, 0.05) is 27.9 Å². The molecule has 2 aromatic carbocycles. The normalized spacial score (nSPS) is 13.4. The molecule has 154 valence electrons. The molecule has 0 saturated heterocycles. The topological polar surface area (TPSA) is 67.8 Å². The fraction of sp³-hybridized carbons (Fsp3) is 0.200. The van der Waals surface area contributed by atoms with Crippen molar-refractivity contribution in [2.24, 2.45) is 0 Å². The van der Waals surface area contributed by atoms with Crippen LogP contribution in [0.2, 0.25) is 0 Å². The molecule has 5 nitrogen and oxygen atoms in total. The second-order valence-corrected chi connectivity index (χ2v) is 8.04. The summed E-state index contributed by atoms with van der Waals surface area (Å²) in [4.78, 5) is 16.4. The van der Waals surface area contributed by atoms with Gasteiger partial charge in [-0.15, -0.1) is 5.10 Å². The molecule has 0 bridgehead atoms. The number of aromatic nitrogens is 3. The van der Waals surface area contributed by atoms with E-state index in [4.69, 9.17) is 0 Å². The molecule has 0 unspecified atom stereocenters. The number of benzene rings is 2. The summed E-state index contributed by atoms with van der Waals surface area (Å²) in [6, 6.07) is 15.2. The molecular formula is C25H21FN4O. The van der Waals surface area contributed by atoms with Crippen molar-refractivity contribution in [1.29, 1.82) is 0 Å². The molecule has 2 aromatic heterocycles. The highest BCUT2D eigenvalue weighted by atomic mass is 19.1. The van der Waals surface area contributed by atoms with Gasteiger partial charge in [-0.2, -0.15) is 9.49 Å². The fourth-order valence-corrected chi connectivity index (χ4v) is 3.81. The first-order valence-electron chi connectivity index (χ1n) is 10.3. The summed E-state index contributed by atoms with van der Waals surface area (Å²) in [5.74, 6) is -0.546. The summed E-state index contributed by atoms with van der Waals surface area (Å²) >= 11 is 0. The minimum absolute atomic E-state index is 0.0306. The van der Waals surface area contributed by atoms with Gasteiger partial charge >= 0.3 is 0 Å². The standard InChI is InChI=1S/C25H21FN4O/c1-14-3-4-17(25(31)29-19-6-7-19)12-22(14)16-5-8-21-18(11-16)13-27-30-24(21)20-9-10-23(26)28-15(20)2/h3-5,8-13,19H,6-7H2,1-2H3,(H,29,31). The molecule has 0 aliphatic heterocycles. The number of pyridine rings is 1. The maximum Gasteiger partial charge on any atom is 0.251 e. The number of halogens is 1. The minimum atomic E-state index is -0.516. The Kier molecular flexibility index (Phi) is 4.70. The molecule has 1 aliphatic carbocycles. The Morgan fingerprint density at radius 1 is 1.03 bits per heavy atom. The summed E-state index contributed by atoms with van der Waals surface area (Å²) in [5, 5.41) is 13.3. The highest BCUT2D eigenvalue weighted by Gasteiger charge is 2.24. The third-order valence-corrected chi connectivity index (χ3v) is 5.69. The van der Waals surface area contributed by atoms with Gasteiger partial charge in [0.1, 0.15) is 5.69 Å². The predicted octanol–water partition coefficient (Wildman–Crippen LogP) is 5.01. The summed E-state index contributed by atoms with van der Waals surface area (Å²) in [6.45, 7) is 3.79. The van der Waals surface area contributed by atoms with Gasteiger partial charge < -0.3 is 5.32 Å². The van der Waals surface area contributed by atoms with Crippen molar-refractivity contribution in [1.82, 2.24) is 20.5 Å². The van der Waals surface area contributed by atoms with E-state index in [0.717, 1.165) is 45.9 Å². The molecule has 1 fully saturated rings. The SMILES string of the molecule is Cc1ccc(C(=O)NC2CC2)cc1-c1ccc2c(-c3ccc(F)nc3C)nncc2c1. The van der Waals surface area contributed by atoms with Gasteiger partial charge in [0.05, 0.1) is 11.9 Å². The van der Waals surface area contributed by atoms with Crippen LogP contribution in [0.4, 0.5) is 4.39 Å². The largest absolute Gasteiger partial charge is 0.349 e. The van der Waals surface area contributed by atoms with E-state index >= 15 is 0 Å². The van der Waals surface area contributed by atoms with Crippen molar-refractivity contribution in [2.75, 3.05) is 0 Å². The first kappa shape index (κ1) is 19.3. The zero-order chi connectivity index (χ0) is 21.5. The zero-order valence-corrected chi connectivity index (χ0v) is 17.3. The molecule has 2 heterocycles. The quantitative estimate of drug-likeness (QED) is 0.479. The lowest BCUT2D eigenvalue weighted by molar-refractivity contribution is 0.0951.